The van der Waals surface area contributed by atoms with Gasteiger partial charge in [-0.2, -0.15) is 0 Å². The summed E-state index contributed by atoms with van der Waals surface area (Å²) in [7, 11) is 1.64. The van der Waals surface area contributed by atoms with Crippen LogP contribution in [-0.2, 0) is 14.9 Å². The molecule has 0 atom stereocenters. The lowest BCUT2D eigenvalue weighted by Crippen LogP contribution is -2.48. The fourth-order valence-electron chi connectivity index (χ4n) is 5.95. The summed E-state index contributed by atoms with van der Waals surface area (Å²) in [6.45, 7) is 1.17. The molecule has 0 amide bonds. The molecule has 26 heavy (non-hydrogen) atoms. The molecular weight excluding hydrogens is 352 g/mol. The maximum absolute atomic E-state index is 11.6. The molecule has 4 saturated carbocycles. The molecule has 4 bridgehead atoms. The fourth-order valence-corrected chi connectivity index (χ4v) is 6.07. The summed E-state index contributed by atoms with van der Waals surface area (Å²) in [5.41, 5.74) is 1.92. The number of benzene rings is 1. The van der Waals surface area contributed by atoms with Gasteiger partial charge in [-0.05, 0) is 85.4 Å². The Bertz CT molecular complexity index is 637. The quantitative estimate of drug-likeness (QED) is 0.378. The van der Waals surface area contributed by atoms with E-state index in [-0.39, 0.29) is 12.2 Å². The van der Waals surface area contributed by atoms with Crippen LogP contribution < -0.4 is 4.74 Å². The Morgan fingerprint density at radius 2 is 1.77 bits per heavy atom. The first kappa shape index (κ1) is 18.3. The van der Waals surface area contributed by atoms with Crippen molar-refractivity contribution >= 4 is 16.8 Å². The highest BCUT2D eigenvalue weighted by Crippen LogP contribution is 2.61. The Balaban J connectivity index is 1.59. The van der Waals surface area contributed by atoms with Gasteiger partial charge in [0.1, 0.15) is 5.75 Å². The molecule has 0 aromatic heterocycles. The maximum atomic E-state index is 11.6. The van der Waals surface area contributed by atoms with Gasteiger partial charge < -0.3 is 14.2 Å². The van der Waals surface area contributed by atoms with Crippen LogP contribution in [0.5, 0.6) is 5.75 Å². The van der Waals surface area contributed by atoms with Crippen LogP contribution in [0.3, 0.4) is 0 Å². The largest absolute Gasteiger partial charge is 0.467 e. The van der Waals surface area contributed by atoms with Crippen molar-refractivity contribution in [1.82, 2.24) is 0 Å². The molecule has 1 aromatic rings. The first-order valence-corrected chi connectivity index (χ1v) is 10.0. The van der Waals surface area contributed by atoms with E-state index in [1.54, 1.807) is 13.2 Å². The summed E-state index contributed by atoms with van der Waals surface area (Å²) >= 11 is 5.71. The van der Waals surface area contributed by atoms with Gasteiger partial charge in [0, 0.05) is 18.2 Å². The zero-order chi connectivity index (χ0) is 18.1. The summed E-state index contributed by atoms with van der Waals surface area (Å²) in [5.74, 6) is 3.31. The highest BCUT2D eigenvalue weighted by molar-refractivity contribution is 6.67. The maximum Gasteiger partial charge on any atom is 0.252 e. The Morgan fingerprint density at radius 1 is 1.12 bits per heavy atom. The number of halogens is 1. The van der Waals surface area contributed by atoms with E-state index in [9.17, 15) is 4.79 Å². The Kier molecular flexibility index (Phi) is 5.27. The molecule has 1 aromatic carbocycles. The summed E-state index contributed by atoms with van der Waals surface area (Å²) in [5, 5.41) is -0.452. The van der Waals surface area contributed by atoms with E-state index in [2.05, 4.69) is 6.07 Å². The first-order valence-electron chi connectivity index (χ1n) is 9.63. The van der Waals surface area contributed by atoms with Crippen molar-refractivity contribution in [1.29, 1.82) is 0 Å². The van der Waals surface area contributed by atoms with Crippen molar-refractivity contribution in [3.8, 4) is 5.75 Å². The van der Waals surface area contributed by atoms with Crippen molar-refractivity contribution < 1.29 is 19.0 Å². The molecule has 0 spiro atoms. The highest BCUT2D eigenvalue weighted by atomic mass is 35.5. The van der Waals surface area contributed by atoms with Crippen molar-refractivity contribution in [2.24, 2.45) is 17.8 Å². The molecule has 0 aliphatic heterocycles. The molecule has 0 saturated heterocycles. The molecule has 5 heteroatoms. The fraction of sp³-hybridized carbons (Fsp3) is 0.667. The summed E-state index contributed by atoms with van der Waals surface area (Å²) < 4.78 is 16.5. The topological polar surface area (TPSA) is 44.8 Å². The predicted molar refractivity (Wildman–Crippen MR) is 99.8 cm³/mol. The molecule has 0 radical (unpaired) electrons. The van der Waals surface area contributed by atoms with Gasteiger partial charge in [0.25, 0.3) is 5.24 Å². The summed E-state index contributed by atoms with van der Waals surface area (Å²) in [6.07, 6.45) is 7.92. The highest BCUT2D eigenvalue weighted by Gasteiger charge is 2.52. The number of methoxy groups -OCH3 is 1. The van der Waals surface area contributed by atoms with E-state index in [0.29, 0.717) is 18.8 Å². The second-order valence-electron chi connectivity index (χ2n) is 8.35. The lowest BCUT2D eigenvalue weighted by atomic mass is 9.48. The molecule has 4 aliphatic carbocycles. The van der Waals surface area contributed by atoms with Gasteiger partial charge in [0.05, 0.1) is 13.2 Å². The summed E-state index contributed by atoms with van der Waals surface area (Å²) in [6, 6.07) is 5.72. The monoisotopic (exact) mass is 378 g/mol. The second-order valence-corrected chi connectivity index (χ2v) is 8.69. The van der Waals surface area contributed by atoms with Gasteiger partial charge in [0.2, 0.25) is 0 Å². The molecule has 0 N–H and O–H groups in total. The van der Waals surface area contributed by atoms with Crippen molar-refractivity contribution in [2.75, 3.05) is 27.1 Å². The van der Waals surface area contributed by atoms with Crippen LogP contribution in [0.4, 0.5) is 0 Å². The SMILES string of the molecule is COCCOCOc1cc(C(=O)Cl)ccc1C12CC3CC(CC(C3)C1)C2. The van der Waals surface area contributed by atoms with E-state index >= 15 is 0 Å². The van der Waals surface area contributed by atoms with E-state index < -0.39 is 5.24 Å². The van der Waals surface area contributed by atoms with Crippen molar-refractivity contribution in [3.05, 3.63) is 29.3 Å². The van der Waals surface area contributed by atoms with Crippen LogP contribution in [0, 0.1) is 17.8 Å². The Morgan fingerprint density at radius 3 is 2.35 bits per heavy atom. The van der Waals surface area contributed by atoms with Crippen LogP contribution in [0.25, 0.3) is 0 Å². The van der Waals surface area contributed by atoms with Gasteiger partial charge in [0.15, 0.2) is 6.79 Å². The number of hydrogen-bond donors (Lipinski definition) is 0. The first-order chi connectivity index (χ1) is 12.6. The van der Waals surface area contributed by atoms with E-state index in [1.165, 1.54) is 44.1 Å². The van der Waals surface area contributed by atoms with Gasteiger partial charge in [-0.25, -0.2) is 0 Å². The van der Waals surface area contributed by atoms with Gasteiger partial charge in [-0.3, -0.25) is 4.79 Å². The number of hydrogen-bond acceptors (Lipinski definition) is 4. The molecule has 142 valence electrons. The minimum atomic E-state index is -0.452. The Hall–Kier alpha value is -1.10. The molecule has 0 heterocycles. The van der Waals surface area contributed by atoms with Crippen LogP contribution in [0.15, 0.2) is 18.2 Å². The molecule has 4 nitrogen and oxygen atoms in total. The lowest BCUT2D eigenvalue weighted by Gasteiger charge is -2.57. The molecule has 0 unspecified atom stereocenters. The minimum Gasteiger partial charge on any atom is -0.467 e. The van der Waals surface area contributed by atoms with E-state index in [0.717, 1.165) is 23.5 Å². The molecule has 4 fully saturated rings. The van der Waals surface area contributed by atoms with Crippen molar-refractivity contribution in [2.45, 2.75) is 43.9 Å². The second kappa shape index (κ2) is 7.49. The molecule has 4 aliphatic rings. The molecule has 5 rings (SSSR count). The van der Waals surface area contributed by atoms with Crippen LogP contribution in [0.1, 0.15) is 54.4 Å². The third kappa shape index (κ3) is 3.51. The normalized spacial score (nSPS) is 32.0. The van der Waals surface area contributed by atoms with Gasteiger partial charge >= 0.3 is 0 Å². The van der Waals surface area contributed by atoms with Crippen molar-refractivity contribution in [3.63, 3.8) is 0 Å². The smallest absolute Gasteiger partial charge is 0.252 e. The minimum absolute atomic E-state index is 0.155. The lowest BCUT2D eigenvalue weighted by molar-refractivity contribution is -0.0189. The zero-order valence-electron chi connectivity index (χ0n) is 15.3. The van der Waals surface area contributed by atoms with E-state index in [4.69, 9.17) is 25.8 Å². The number of rotatable bonds is 8. The van der Waals surface area contributed by atoms with E-state index in [1.807, 2.05) is 6.07 Å². The third-order valence-electron chi connectivity index (χ3n) is 6.55. The van der Waals surface area contributed by atoms with Crippen LogP contribution in [0.2, 0.25) is 0 Å². The zero-order valence-corrected chi connectivity index (χ0v) is 16.1. The predicted octanol–water partition coefficient (Wildman–Crippen LogP) is 4.53. The number of carbonyl (C=O) groups excluding carboxylic acids is 1. The Labute approximate surface area is 160 Å². The molecular formula is C21H27ClO4. The summed E-state index contributed by atoms with van der Waals surface area (Å²) in [4.78, 5) is 11.6. The average Bonchev–Trinajstić information content (AvgIpc) is 2.60. The number of carbonyl (C=O) groups is 1. The number of ether oxygens (including phenoxy) is 3. The average molecular weight is 379 g/mol. The third-order valence-corrected chi connectivity index (χ3v) is 6.77. The van der Waals surface area contributed by atoms with Gasteiger partial charge in [-0.1, -0.05) is 6.07 Å². The standard InChI is InChI=1S/C21H27ClO4/c1-24-4-5-25-13-26-19-9-17(20(22)23)2-3-18(19)21-10-14-6-15(11-21)8-16(7-14)12-21/h2-3,9,14-16H,4-8,10-13H2,1H3. The van der Waals surface area contributed by atoms with Crippen LogP contribution >= 0.6 is 11.6 Å². The van der Waals surface area contributed by atoms with Gasteiger partial charge in [-0.15, -0.1) is 0 Å². The van der Waals surface area contributed by atoms with Crippen LogP contribution in [-0.4, -0.2) is 32.4 Å².